The summed E-state index contributed by atoms with van der Waals surface area (Å²) in [4.78, 5) is 24.9. The zero-order valence-electron chi connectivity index (χ0n) is 16.5. The average Bonchev–Trinajstić information content (AvgIpc) is 3.33. The summed E-state index contributed by atoms with van der Waals surface area (Å²) in [5.74, 6) is -1.21. The normalized spacial score (nSPS) is 15.9. The van der Waals surface area contributed by atoms with E-state index in [-0.39, 0.29) is 21.9 Å². The van der Waals surface area contributed by atoms with Crippen LogP contribution in [0.25, 0.3) is 17.4 Å². The summed E-state index contributed by atoms with van der Waals surface area (Å²) < 4.78 is 67.2. The number of hydrogen-bond acceptors (Lipinski definition) is 5. The van der Waals surface area contributed by atoms with Crippen LogP contribution in [-0.4, -0.2) is 20.2 Å². The molecule has 0 atom stereocenters. The summed E-state index contributed by atoms with van der Waals surface area (Å²) in [7, 11) is -3.85. The molecule has 3 N–H and O–H groups in total. The standard InChI is InChI=1S/C21H14F3N3O5S/c22-21(23,24)13-2-1-3-14(10-13)27-20(29)17(19(28)26-27)11-15-6-9-18(32-15)12-4-7-16(8-5-12)33(25,30)31/h1-11H,(H,26,28)(H2,25,30,31)/b17-11-. The maximum atomic E-state index is 13.0. The largest absolute Gasteiger partial charge is 0.457 e. The van der Waals surface area contributed by atoms with Crippen molar-refractivity contribution in [3.63, 3.8) is 0 Å². The van der Waals surface area contributed by atoms with Crippen molar-refractivity contribution >= 4 is 33.6 Å². The van der Waals surface area contributed by atoms with Crippen LogP contribution in [0.5, 0.6) is 0 Å². The van der Waals surface area contributed by atoms with E-state index >= 15 is 0 Å². The number of hydrogen-bond donors (Lipinski definition) is 2. The molecule has 2 amide bonds. The Balaban J connectivity index is 1.59. The lowest BCUT2D eigenvalue weighted by Gasteiger charge is -2.16. The third kappa shape index (κ3) is 4.52. The first-order valence-corrected chi connectivity index (χ1v) is 10.8. The van der Waals surface area contributed by atoms with E-state index in [9.17, 15) is 31.2 Å². The number of sulfonamides is 1. The zero-order chi connectivity index (χ0) is 24.0. The molecule has 2 aromatic carbocycles. The van der Waals surface area contributed by atoms with Crippen LogP contribution < -0.4 is 15.6 Å². The summed E-state index contributed by atoms with van der Waals surface area (Å²) in [5.41, 5.74) is 1.28. The number of furan rings is 1. The number of anilines is 1. The molecule has 1 aromatic heterocycles. The second-order valence-electron chi connectivity index (χ2n) is 6.96. The minimum absolute atomic E-state index is 0.0805. The van der Waals surface area contributed by atoms with E-state index in [1.807, 2.05) is 0 Å². The minimum atomic E-state index is -4.61. The number of carbonyl (C=O) groups is 2. The maximum absolute atomic E-state index is 13.0. The number of nitrogens with one attached hydrogen (secondary N) is 1. The first-order valence-electron chi connectivity index (χ1n) is 9.21. The van der Waals surface area contributed by atoms with E-state index in [1.54, 1.807) is 6.07 Å². The number of halogens is 3. The van der Waals surface area contributed by atoms with E-state index in [1.165, 1.54) is 36.4 Å². The van der Waals surface area contributed by atoms with Gasteiger partial charge >= 0.3 is 6.18 Å². The second-order valence-corrected chi connectivity index (χ2v) is 8.52. The van der Waals surface area contributed by atoms with Crippen LogP contribution in [0.2, 0.25) is 0 Å². The van der Waals surface area contributed by atoms with Crippen LogP contribution in [0.4, 0.5) is 18.9 Å². The molecule has 0 bridgehead atoms. The third-order valence-corrected chi connectivity index (χ3v) is 5.63. The smallest absolute Gasteiger partial charge is 0.416 e. The first kappa shape index (κ1) is 22.3. The summed E-state index contributed by atoms with van der Waals surface area (Å²) in [5, 5.41) is 5.78. The Morgan fingerprint density at radius 1 is 1.00 bits per heavy atom. The van der Waals surface area contributed by atoms with Crippen molar-refractivity contribution in [2.45, 2.75) is 11.1 Å². The highest BCUT2D eigenvalue weighted by atomic mass is 32.2. The number of amides is 2. The van der Waals surface area contributed by atoms with E-state index in [0.717, 1.165) is 29.3 Å². The minimum Gasteiger partial charge on any atom is -0.457 e. The molecule has 0 spiro atoms. The van der Waals surface area contributed by atoms with Crippen LogP contribution >= 0.6 is 0 Å². The topological polar surface area (TPSA) is 123 Å². The molecule has 1 aliphatic rings. The van der Waals surface area contributed by atoms with Gasteiger partial charge in [-0.2, -0.15) is 13.2 Å². The molecule has 33 heavy (non-hydrogen) atoms. The van der Waals surface area contributed by atoms with Gasteiger partial charge < -0.3 is 4.42 Å². The molecule has 4 rings (SSSR count). The van der Waals surface area contributed by atoms with E-state index in [2.05, 4.69) is 5.43 Å². The molecule has 8 nitrogen and oxygen atoms in total. The Morgan fingerprint density at radius 3 is 2.33 bits per heavy atom. The second kappa shape index (κ2) is 7.90. The number of hydrazine groups is 1. The highest BCUT2D eigenvalue weighted by molar-refractivity contribution is 7.89. The van der Waals surface area contributed by atoms with E-state index < -0.39 is 33.6 Å². The number of nitrogens with zero attached hydrogens (tertiary/aromatic N) is 1. The fourth-order valence-electron chi connectivity index (χ4n) is 3.10. The third-order valence-electron chi connectivity index (χ3n) is 4.70. The van der Waals surface area contributed by atoms with Crippen molar-refractivity contribution in [3.8, 4) is 11.3 Å². The van der Waals surface area contributed by atoms with Crippen LogP contribution in [-0.2, 0) is 25.8 Å². The molecule has 0 unspecified atom stereocenters. The molecule has 0 aliphatic carbocycles. The maximum Gasteiger partial charge on any atom is 0.416 e. The molecule has 1 aliphatic heterocycles. The average molecular weight is 477 g/mol. The fraction of sp³-hybridized carbons (Fsp3) is 0.0476. The Labute approximate surface area is 185 Å². The van der Waals surface area contributed by atoms with Crippen molar-refractivity contribution < 1.29 is 35.6 Å². The summed E-state index contributed by atoms with van der Waals surface area (Å²) in [6, 6.07) is 12.5. The lowest BCUT2D eigenvalue weighted by atomic mass is 10.1. The number of carbonyl (C=O) groups excluding carboxylic acids is 2. The highest BCUT2D eigenvalue weighted by Gasteiger charge is 2.36. The SMILES string of the molecule is NS(=O)(=O)c1ccc(-c2ccc(/C=C3/C(=O)NN(c4cccc(C(F)(F)F)c4)C3=O)o2)cc1. The van der Waals surface area contributed by atoms with Crippen LogP contribution in [0.1, 0.15) is 11.3 Å². The van der Waals surface area contributed by atoms with Crippen molar-refractivity contribution in [2.75, 3.05) is 5.01 Å². The predicted octanol–water partition coefficient (Wildman–Crippen LogP) is 3.07. The van der Waals surface area contributed by atoms with Crippen LogP contribution in [0.3, 0.4) is 0 Å². The van der Waals surface area contributed by atoms with Gasteiger partial charge in [-0.3, -0.25) is 15.0 Å². The van der Waals surface area contributed by atoms with Gasteiger partial charge in [-0.25, -0.2) is 18.6 Å². The van der Waals surface area contributed by atoms with Gasteiger partial charge in [0, 0.05) is 5.56 Å². The molecule has 1 fully saturated rings. The molecule has 2 heterocycles. The molecule has 0 saturated carbocycles. The van der Waals surface area contributed by atoms with E-state index in [0.29, 0.717) is 11.3 Å². The molecule has 1 saturated heterocycles. The summed E-state index contributed by atoms with van der Waals surface area (Å²) in [6.07, 6.45) is -3.45. The van der Waals surface area contributed by atoms with Gasteiger partial charge in [-0.15, -0.1) is 0 Å². The van der Waals surface area contributed by atoms with Crippen LogP contribution in [0, 0.1) is 0 Å². The first-order chi connectivity index (χ1) is 15.4. The van der Waals surface area contributed by atoms with Crippen molar-refractivity contribution in [1.29, 1.82) is 0 Å². The predicted molar refractivity (Wildman–Crippen MR) is 111 cm³/mol. The summed E-state index contributed by atoms with van der Waals surface area (Å²) in [6.45, 7) is 0. The Morgan fingerprint density at radius 2 is 1.70 bits per heavy atom. The number of alkyl halides is 3. The molecule has 3 aromatic rings. The monoisotopic (exact) mass is 477 g/mol. The van der Waals surface area contributed by atoms with Crippen molar-refractivity contribution in [1.82, 2.24) is 5.43 Å². The van der Waals surface area contributed by atoms with Gasteiger partial charge in [0.1, 0.15) is 17.1 Å². The van der Waals surface area contributed by atoms with Crippen molar-refractivity contribution in [3.05, 3.63) is 77.6 Å². The van der Waals surface area contributed by atoms with Gasteiger partial charge in [-0.05, 0) is 60.7 Å². The molecular weight excluding hydrogens is 463 g/mol. The Hall–Kier alpha value is -3.90. The van der Waals surface area contributed by atoms with Gasteiger partial charge in [0.25, 0.3) is 11.8 Å². The quantitative estimate of drug-likeness (QED) is 0.442. The van der Waals surface area contributed by atoms with E-state index in [4.69, 9.17) is 9.56 Å². The van der Waals surface area contributed by atoms with Gasteiger partial charge in [-0.1, -0.05) is 6.07 Å². The van der Waals surface area contributed by atoms with Gasteiger partial charge in [0.2, 0.25) is 10.0 Å². The number of benzene rings is 2. The van der Waals surface area contributed by atoms with Gasteiger partial charge in [0.05, 0.1) is 16.1 Å². The van der Waals surface area contributed by atoms with Gasteiger partial charge in [0.15, 0.2) is 0 Å². The number of rotatable bonds is 4. The Bertz CT molecular complexity index is 1390. The number of primary sulfonamides is 1. The lowest BCUT2D eigenvalue weighted by Crippen LogP contribution is -2.35. The highest BCUT2D eigenvalue weighted by Crippen LogP contribution is 2.32. The zero-order valence-corrected chi connectivity index (χ0v) is 17.3. The number of nitrogens with two attached hydrogens (primary N) is 1. The van der Waals surface area contributed by atoms with Crippen molar-refractivity contribution in [2.24, 2.45) is 5.14 Å². The molecule has 12 heteroatoms. The Kier molecular flexibility index (Phi) is 5.34. The van der Waals surface area contributed by atoms with Crippen LogP contribution in [0.15, 0.2) is 75.5 Å². The molecule has 170 valence electrons. The molecule has 0 radical (unpaired) electrons. The fourth-order valence-corrected chi connectivity index (χ4v) is 3.61. The summed E-state index contributed by atoms with van der Waals surface area (Å²) >= 11 is 0. The molecular formula is C21H14F3N3O5S. The lowest BCUT2D eigenvalue weighted by molar-refractivity contribution is -0.137.